The van der Waals surface area contributed by atoms with Crippen molar-refractivity contribution in [3.63, 3.8) is 0 Å². The first-order chi connectivity index (χ1) is 7.27. The number of amidine groups is 1. The van der Waals surface area contributed by atoms with E-state index in [2.05, 4.69) is 15.6 Å². The second kappa shape index (κ2) is 5.92. The molecule has 0 fully saturated rings. The molecule has 0 aliphatic carbocycles. The Labute approximate surface area is 105 Å². The third-order valence-electron chi connectivity index (χ3n) is 2.14. The summed E-state index contributed by atoms with van der Waals surface area (Å²) in [6.45, 7) is 2.14. The molecule has 1 heterocycles. The number of nitrogens with zero attached hydrogens (tertiary/aromatic N) is 1. The molecule has 0 spiro atoms. The molecule has 1 aromatic rings. The molecule has 0 bridgehead atoms. The summed E-state index contributed by atoms with van der Waals surface area (Å²) in [4.78, 5) is 4.19. The average Bonchev–Trinajstić information content (AvgIpc) is 2.73. The fraction of sp³-hybridized carbons (Fsp3) is 0.300. The van der Waals surface area contributed by atoms with Crippen LogP contribution >= 0.6 is 24.0 Å². The predicted octanol–water partition coefficient (Wildman–Crippen LogP) is 2.31. The molecule has 0 atom stereocenters. The van der Waals surface area contributed by atoms with Crippen LogP contribution in [-0.4, -0.2) is 25.5 Å². The molecule has 2 rings (SSSR count). The Kier molecular flexibility index (Phi) is 4.83. The van der Waals surface area contributed by atoms with Crippen molar-refractivity contribution in [3.8, 4) is 0 Å². The normalized spacial score (nSPS) is 13.8. The lowest BCUT2D eigenvalue weighted by Gasteiger charge is -2.08. The lowest BCUT2D eigenvalue weighted by atomic mass is 10.3. The van der Waals surface area contributed by atoms with Gasteiger partial charge in [0.25, 0.3) is 0 Å². The second-order valence-corrected chi connectivity index (χ2v) is 3.62. The van der Waals surface area contributed by atoms with E-state index in [0.717, 1.165) is 18.9 Å². The van der Waals surface area contributed by atoms with E-state index in [-0.39, 0.29) is 17.4 Å². The van der Waals surface area contributed by atoms with Gasteiger partial charge in [-0.3, -0.25) is 4.99 Å². The van der Waals surface area contributed by atoms with E-state index in [1.54, 1.807) is 12.1 Å². The van der Waals surface area contributed by atoms with Crippen LogP contribution in [0.4, 0.5) is 10.1 Å². The van der Waals surface area contributed by atoms with E-state index in [4.69, 9.17) is 11.6 Å². The molecular weight excluding hydrogens is 252 g/mol. The zero-order chi connectivity index (χ0) is 10.7. The summed E-state index contributed by atoms with van der Waals surface area (Å²) in [5, 5.41) is 6.16. The highest BCUT2D eigenvalue weighted by Crippen LogP contribution is 2.21. The van der Waals surface area contributed by atoms with Crippen molar-refractivity contribution >= 4 is 35.5 Å². The Morgan fingerprint density at radius 2 is 2.31 bits per heavy atom. The second-order valence-electron chi connectivity index (χ2n) is 3.21. The topological polar surface area (TPSA) is 36.4 Å². The maximum Gasteiger partial charge on any atom is 0.164 e. The van der Waals surface area contributed by atoms with Gasteiger partial charge >= 0.3 is 0 Å². The Bertz CT molecular complexity index is 396. The van der Waals surface area contributed by atoms with Crippen LogP contribution in [0.1, 0.15) is 0 Å². The Hall–Kier alpha value is -1.00. The molecule has 1 aromatic carbocycles. The summed E-state index contributed by atoms with van der Waals surface area (Å²) in [6.07, 6.45) is 0. The van der Waals surface area contributed by atoms with Crippen molar-refractivity contribution in [1.82, 2.24) is 5.32 Å². The van der Waals surface area contributed by atoms with Crippen molar-refractivity contribution < 1.29 is 4.39 Å². The van der Waals surface area contributed by atoms with Gasteiger partial charge in [-0.2, -0.15) is 0 Å². The van der Waals surface area contributed by atoms with Gasteiger partial charge in [-0.15, -0.1) is 12.4 Å². The average molecular weight is 264 g/mol. The van der Waals surface area contributed by atoms with Crippen LogP contribution in [0, 0.1) is 5.82 Å². The fourth-order valence-electron chi connectivity index (χ4n) is 1.38. The highest BCUT2D eigenvalue weighted by molar-refractivity contribution is 6.31. The summed E-state index contributed by atoms with van der Waals surface area (Å²) in [5.74, 6) is 0.437. The number of anilines is 1. The summed E-state index contributed by atoms with van der Waals surface area (Å²) < 4.78 is 13.4. The van der Waals surface area contributed by atoms with Gasteiger partial charge in [0.1, 0.15) is 5.84 Å². The highest BCUT2D eigenvalue weighted by atomic mass is 35.5. The number of rotatable bonds is 3. The molecule has 0 amide bonds. The van der Waals surface area contributed by atoms with Gasteiger partial charge in [0.2, 0.25) is 0 Å². The highest BCUT2D eigenvalue weighted by Gasteiger charge is 2.08. The quantitative estimate of drug-likeness (QED) is 0.878. The smallest absolute Gasteiger partial charge is 0.164 e. The number of hydrogen-bond acceptors (Lipinski definition) is 3. The van der Waals surface area contributed by atoms with E-state index >= 15 is 0 Å². The minimum atomic E-state index is -0.419. The van der Waals surface area contributed by atoms with Crippen molar-refractivity contribution in [2.45, 2.75) is 0 Å². The molecule has 3 nitrogen and oxygen atoms in total. The van der Waals surface area contributed by atoms with Crippen LogP contribution in [0.5, 0.6) is 0 Å². The van der Waals surface area contributed by atoms with Gasteiger partial charge in [-0.1, -0.05) is 17.7 Å². The molecule has 0 saturated heterocycles. The first-order valence-electron chi connectivity index (χ1n) is 4.72. The number of aliphatic imine (C=N–C) groups is 1. The minimum Gasteiger partial charge on any atom is -0.375 e. The predicted molar refractivity (Wildman–Crippen MR) is 67.5 cm³/mol. The van der Waals surface area contributed by atoms with Gasteiger partial charge in [-0.05, 0) is 12.1 Å². The zero-order valence-electron chi connectivity index (χ0n) is 8.46. The van der Waals surface area contributed by atoms with Crippen molar-refractivity contribution in [1.29, 1.82) is 0 Å². The van der Waals surface area contributed by atoms with E-state index in [9.17, 15) is 4.39 Å². The van der Waals surface area contributed by atoms with E-state index in [1.807, 2.05) is 0 Å². The van der Waals surface area contributed by atoms with Gasteiger partial charge in [0, 0.05) is 6.54 Å². The number of benzene rings is 1. The number of halogens is 3. The molecule has 0 unspecified atom stereocenters. The number of nitrogens with one attached hydrogen (secondary N) is 2. The molecule has 1 aliphatic heterocycles. The fourth-order valence-corrected chi connectivity index (χ4v) is 1.56. The van der Waals surface area contributed by atoms with Gasteiger partial charge < -0.3 is 10.6 Å². The molecule has 2 N–H and O–H groups in total. The van der Waals surface area contributed by atoms with Gasteiger partial charge in [-0.25, -0.2) is 4.39 Å². The van der Waals surface area contributed by atoms with E-state index in [1.165, 1.54) is 6.07 Å². The maximum atomic E-state index is 13.4. The Morgan fingerprint density at radius 1 is 1.50 bits per heavy atom. The molecular formula is C10H12Cl2FN3. The minimum absolute atomic E-state index is 0. The van der Waals surface area contributed by atoms with E-state index in [0.29, 0.717) is 12.2 Å². The van der Waals surface area contributed by atoms with Gasteiger partial charge in [0.15, 0.2) is 5.82 Å². The standard InChI is InChI=1S/C10H11ClFN3.ClH/c11-7-2-1-3-8(10(7)12)15-6-9-13-4-5-14-9;/h1-3,15H,4-6H2,(H,13,14);1H. The van der Waals surface area contributed by atoms with Gasteiger partial charge in [0.05, 0.1) is 23.8 Å². The third kappa shape index (κ3) is 3.00. The zero-order valence-corrected chi connectivity index (χ0v) is 10.0. The largest absolute Gasteiger partial charge is 0.375 e. The lowest BCUT2D eigenvalue weighted by molar-refractivity contribution is 0.631. The summed E-state index contributed by atoms with van der Waals surface area (Å²) in [5.41, 5.74) is 0.402. The van der Waals surface area contributed by atoms with Crippen LogP contribution in [0.15, 0.2) is 23.2 Å². The Morgan fingerprint density at radius 3 is 3.00 bits per heavy atom. The Balaban J connectivity index is 0.00000128. The molecule has 6 heteroatoms. The van der Waals surface area contributed by atoms with Crippen molar-refractivity contribution in [2.75, 3.05) is 25.0 Å². The first-order valence-corrected chi connectivity index (χ1v) is 5.10. The summed E-state index contributed by atoms with van der Waals surface area (Å²) in [7, 11) is 0. The van der Waals surface area contributed by atoms with Crippen LogP contribution in [0.2, 0.25) is 5.02 Å². The van der Waals surface area contributed by atoms with Crippen LogP contribution in [-0.2, 0) is 0 Å². The summed E-state index contributed by atoms with van der Waals surface area (Å²) >= 11 is 5.65. The lowest BCUT2D eigenvalue weighted by Crippen LogP contribution is -2.26. The SMILES string of the molecule is Cl.Fc1c(Cl)cccc1NCC1=NCCN1. The van der Waals surface area contributed by atoms with Crippen molar-refractivity contribution in [3.05, 3.63) is 29.0 Å². The van der Waals surface area contributed by atoms with Crippen molar-refractivity contribution in [2.24, 2.45) is 4.99 Å². The molecule has 0 radical (unpaired) electrons. The first kappa shape index (κ1) is 13.1. The van der Waals surface area contributed by atoms with Crippen LogP contribution in [0.25, 0.3) is 0 Å². The summed E-state index contributed by atoms with van der Waals surface area (Å²) in [6, 6.07) is 4.88. The molecule has 0 aromatic heterocycles. The number of hydrogen-bond donors (Lipinski definition) is 2. The van der Waals surface area contributed by atoms with Crippen LogP contribution < -0.4 is 10.6 Å². The molecule has 16 heavy (non-hydrogen) atoms. The third-order valence-corrected chi connectivity index (χ3v) is 2.43. The molecule has 1 aliphatic rings. The van der Waals surface area contributed by atoms with Crippen LogP contribution in [0.3, 0.4) is 0 Å². The monoisotopic (exact) mass is 263 g/mol. The van der Waals surface area contributed by atoms with E-state index < -0.39 is 5.82 Å². The molecule has 0 saturated carbocycles. The maximum absolute atomic E-state index is 13.4. The molecule has 88 valence electrons.